The Hall–Kier alpha value is -0.800. The van der Waals surface area contributed by atoms with Gasteiger partial charge in [-0.1, -0.05) is 30.3 Å². The fourth-order valence-corrected chi connectivity index (χ4v) is 2.60. The van der Waals surface area contributed by atoms with Crippen molar-refractivity contribution in [2.45, 2.75) is 31.6 Å². The zero-order valence-electron chi connectivity index (χ0n) is 10.5. The molecule has 0 saturated carbocycles. The summed E-state index contributed by atoms with van der Waals surface area (Å²) in [5.41, 5.74) is 1.35. The Bertz CT molecular complexity index is 324. The molecule has 0 aliphatic rings. The maximum Gasteiger partial charge on any atom is 0.132 e. The predicted molar refractivity (Wildman–Crippen MR) is 73.3 cm³/mol. The molecule has 1 atom stereocenters. The molecule has 1 aromatic carbocycles. The number of carbonyl (C=O) groups excluding carboxylic acids is 1. The first-order valence-corrected chi connectivity index (χ1v) is 7.01. The van der Waals surface area contributed by atoms with Gasteiger partial charge in [0.15, 0.2) is 0 Å². The van der Waals surface area contributed by atoms with Gasteiger partial charge in [0, 0.05) is 19.3 Å². The molecule has 0 radical (unpaired) electrons. The van der Waals surface area contributed by atoms with Crippen LogP contribution in [-0.4, -0.2) is 24.7 Å². The molecule has 0 fully saturated rings. The molecule has 0 amide bonds. The molecule has 0 bridgehead atoms. The molecule has 1 rings (SSSR count). The average molecular weight is 252 g/mol. The highest BCUT2D eigenvalue weighted by Crippen LogP contribution is 2.15. The van der Waals surface area contributed by atoms with Crippen LogP contribution in [0.15, 0.2) is 30.3 Å². The minimum atomic E-state index is 0.0794. The van der Waals surface area contributed by atoms with Gasteiger partial charge in [-0.05, 0) is 24.7 Å². The molecule has 0 spiro atoms. The van der Waals surface area contributed by atoms with Crippen molar-refractivity contribution in [2.24, 2.45) is 0 Å². The maximum atomic E-state index is 11.0. The number of benzene rings is 1. The molecule has 0 aromatic heterocycles. The highest BCUT2D eigenvalue weighted by atomic mass is 32.2. The summed E-state index contributed by atoms with van der Waals surface area (Å²) >= 11 is 1.89. The summed E-state index contributed by atoms with van der Waals surface area (Å²) in [6.45, 7) is 1.61. The summed E-state index contributed by atoms with van der Waals surface area (Å²) in [6.07, 6.45) is 1.55. The van der Waals surface area contributed by atoms with Crippen LogP contribution in [0.1, 0.15) is 25.3 Å². The van der Waals surface area contributed by atoms with Gasteiger partial charge in [0.1, 0.15) is 5.78 Å². The second kappa shape index (κ2) is 8.31. The first-order chi connectivity index (χ1) is 8.22. The Morgan fingerprint density at radius 1 is 1.35 bits per heavy atom. The van der Waals surface area contributed by atoms with Crippen molar-refractivity contribution in [1.29, 1.82) is 0 Å². The molecule has 2 nitrogen and oxygen atoms in total. The van der Waals surface area contributed by atoms with Crippen molar-refractivity contribution in [3.8, 4) is 0 Å². The van der Waals surface area contributed by atoms with Gasteiger partial charge in [0.2, 0.25) is 0 Å². The van der Waals surface area contributed by atoms with E-state index in [1.807, 2.05) is 17.8 Å². The molecule has 1 unspecified atom stereocenters. The van der Waals surface area contributed by atoms with Crippen molar-refractivity contribution < 1.29 is 9.53 Å². The number of thioether (sulfide) groups is 1. The molecule has 0 saturated heterocycles. The van der Waals surface area contributed by atoms with E-state index in [0.717, 1.165) is 17.9 Å². The monoisotopic (exact) mass is 252 g/mol. The van der Waals surface area contributed by atoms with Crippen LogP contribution in [0, 0.1) is 0 Å². The summed E-state index contributed by atoms with van der Waals surface area (Å²) in [4.78, 5) is 11.0. The maximum absolute atomic E-state index is 11.0. The second-order valence-electron chi connectivity index (χ2n) is 4.09. The first kappa shape index (κ1) is 14.3. The number of Topliss-reactive ketones (excluding diaryl/α,β-unsaturated/α-hetero) is 1. The van der Waals surface area contributed by atoms with Gasteiger partial charge in [0.05, 0.1) is 6.10 Å². The SMILES string of the molecule is COC(CCSCc1ccccc1)CC(C)=O. The molecule has 17 heavy (non-hydrogen) atoms. The highest BCUT2D eigenvalue weighted by Gasteiger charge is 2.09. The zero-order chi connectivity index (χ0) is 12.5. The third-order valence-electron chi connectivity index (χ3n) is 2.54. The third kappa shape index (κ3) is 6.49. The Morgan fingerprint density at radius 3 is 2.65 bits per heavy atom. The van der Waals surface area contributed by atoms with E-state index in [9.17, 15) is 4.79 Å². The summed E-state index contributed by atoms with van der Waals surface area (Å²) < 4.78 is 5.28. The van der Waals surface area contributed by atoms with Crippen LogP contribution < -0.4 is 0 Å². The van der Waals surface area contributed by atoms with Crippen LogP contribution >= 0.6 is 11.8 Å². The van der Waals surface area contributed by atoms with Gasteiger partial charge in [-0.3, -0.25) is 4.79 Å². The fourth-order valence-electron chi connectivity index (χ4n) is 1.60. The average Bonchev–Trinajstić information content (AvgIpc) is 2.34. The number of carbonyl (C=O) groups is 1. The summed E-state index contributed by atoms with van der Waals surface area (Å²) in [7, 11) is 1.68. The molecule has 0 heterocycles. The smallest absolute Gasteiger partial charge is 0.132 e. The first-order valence-electron chi connectivity index (χ1n) is 5.86. The van der Waals surface area contributed by atoms with Gasteiger partial charge in [-0.25, -0.2) is 0 Å². The molecule has 0 aliphatic heterocycles. The minimum Gasteiger partial charge on any atom is -0.381 e. The van der Waals surface area contributed by atoms with Crippen LogP contribution in [0.2, 0.25) is 0 Å². The number of hydrogen-bond donors (Lipinski definition) is 0. The number of ether oxygens (including phenoxy) is 1. The van der Waals surface area contributed by atoms with E-state index in [0.29, 0.717) is 6.42 Å². The lowest BCUT2D eigenvalue weighted by molar-refractivity contribution is -0.119. The Kier molecular flexibility index (Phi) is 6.97. The van der Waals surface area contributed by atoms with Crippen molar-refractivity contribution >= 4 is 17.5 Å². The number of rotatable bonds is 8. The fraction of sp³-hybridized carbons (Fsp3) is 0.500. The van der Waals surface area contributed by atoms with Crippen molar-refractivity contribution in [2.75, 3.05) is 12.9 Å². The number of hydrogen-bond acceptors (Lipinski definition) is 3. The van der Waals surface area contributed by atoms with Crippen LogP contribution in [-0.2, 0) is 15.3 Å². The van der Waals surface area contributed by atoms with Crippen molar-refractivity contribution in [3.05, 3.63) is 35.9 Å². The van der Waals surface area contributed by atoms with E-state index in [2.05, 4.69) is 24.3 Å². The lowest BCUT2D eigenvalue weighted by atomic mass is 10.1. The van der Waals surface area contributed by atoms with Gasteiger partial charge in [-0.2, -0.15) is 11.8 Å². The highest BCUT2D eigenvalue weighted by molar-refractivity contribution is 7.98. The van der Waals surface area contributed by atoms with Crippen LogP contribution in [0.4, 0.5) is 0 Å². The minimum absolute atomic E-state index is 0.0794. The molecule has 3 heteroatoms. The topological polar surface area (TPSA) is 26.3 Å². The van der Waals surface area contributed by atoms with Gasteiger partial charge in [0.25, 0.3) is 0 Å². The molecule has 0 aliphatic carbocycles. The summed E-state index contributed by atoms with van der Waals surface area (Å²) in [5, 5.41) is 0. The van der Waals surface area contributed by atoms with Crippen LogP contribution in [0.3, 0.4) is 0 Å². The molecular formula is C14H20O2S. The van der Waals surface area contributed by atoms with E-state index >= 15 is 0 Å². The van der Waals surface area contributed by atoms with Crippen molar-refractivity contribution in [3.63, 3.8) is 0 Å². The largest absolute Gasteiger partial charge is 0.381 e. The zero-order valence-corrected chi connectivity index (χ0v) is 11.3. The molecule has 1 aromatic rings. The van der Waals surface area contributed by atoms with Gasteiger partial charge >= 0.3 is 0 Å². The summed E-state index contributed by atoms with van der Waals surface area (Å²) in [6, 6.07) is 10.4. The van der Waals surface area contributed by atoms with E-state index in [1.54, 1.807) is 14.0 Å². The number of ketones is 1. The lowest BCUT2D eigenvalue weighted by Crippen LogP contribution is -2.15. The molecule has 0 N–H and O–H groups in total. The van der Waals surface area contributed by atoms with Gasteiger partial charge < -0.3 is 4.74 Å². The van der Waals surface area contributed by atoms with E-state index in [-0.39, 0.29) is 11.9 Å². The van der Waals surface area contributed by atoms with Crippen molar-refractivity contribution in [1.82, 2.24) is 0 Å². The number of methoxy groups -OCH3 is 1. The Morgan fingerprint density at radius 2 is 2.06 bits per heavy atom. The third-order valence-corrected chi connectivity index (χ3v) is 3.61. The van der Waals surface area contributed by atoms with Crippen LogP contribution in [0.25, 0.3) is 0 Å². The quantitative estimate of drug-likeness (QED) is 0.664. The second-order valence-corrected chi connectivity index (χ2v) is 5.20. The predicted octanol–water partition coefficient (Wildman–Crippen LogP) is 3.30. The van der Waals surface area contributed by atoms with E-state index in [4.69, 9.17) is 4.74 Å². The normalized spacial score (nSPS) is 12.4. The van der Waals surface area contributed by atoms with E-state index in [1.165, 1.54) is 5.56 Å². The molecular weight excluding hydrogens is 232 g/mol. The lowest BCUT2D eigenvalue weighted by Gasteiger charge is -2.13. The Balaban J connectivity index is 2.16. The van der Waals surface area contributed by atoms with E-state index < -0.39 is 0 Å². The Labute approximate surface area is 108 Å². The van der Waals surface area contributed by atoms with Gasteiger partial charge in [-0.15, -0.1) is 0 Å². The summed E-state index contributed by atoms with van der Waals surface area (Å²) in [5.74, 6) is 2.25. The molecule has 94 valence electrons. The standard InChI is InChI=1S/C14H20O2S/c1-12(15)10-14(16-2)8-9-17-11-13-6-4-3-5-7-13/h3-7,14H,8-11H2,1-2H3. The van der Waals surface area contributed by atoms with Crippen LogP contribution in [0.5, 0.6) is 0 Å².